The zero-order chi connectivity index (χ0) is 19.7. The number of hydrogen-bond donors (Lipinski definition) is 1. The predicted molar refractivity (Wildman–Crippen MR) is 114 cm³/mol. The van der Waals surface area contributed by atoms with Crippen molar-refractivity contribution in [3.63, 3.8) is 0 Å². The Labute approximate surface area is 167 Å². The lowest BCUT2D eigenvalue weighted by molar-refractivity contribution is 0.241. The van der Waals surface area contributed by atoms with E-state index in [1.165, 1.54) is 19.3 Å². The highest BCUT2D eigenvalue weighted by atomic mass is 16.1. The molecule has 2 aliphatic rings. The highest BCUT2D eigenvalue weighted by molar-refractivity contribution is 5.54. The third kappa shape index (κ3) is 3.83. The molecule has 0 bridgehead atoms. The largest absolute Gasteiger partial charge is 0.306 e. The van der Waals surface area contributed by atoms with E-state index in [2.05, 4.69) is 30.7 Å². The Hall–Kier alpha value is -2.20. The number of benzene rings is 1. The molecule has 0 unspecified atom stereocenters. The van der Waals surface area contributed by atoms with Crippen LogP contribution in [0, 0.1) is 5.41 Å². The van der Waals surface area contributed by atoms with Crippen LogP contribution in [-0.4, -0.2) is 28.0 Å². The normalized spacial score (nSPS) is 19.5. The summed E-state index contributed by atoms with van der Waals surface area (Å²) in [6.45, 7) is 9.86. The second-order valence-electron chi connectivity index (χ2n) is 8.98. The minimum absolute atomic E-state index is 0.0236. The summed E-state index contributed by atoms with van der Waals surface area (Å²) < 4.78 is 0. The van der Waals surface area contributed by atoms with Crippen LogP contribution in [0.15, 0.2) is 46.3 Å². The Bertz CT molecular complexity index is 940. The first-order chi connectivity index (χ1) is 13.4. The smallest absolute Gasteiger partial charge is 0.254 e. The van der Waals surface area contributed by atoms with Gasteiger partial charge in [0.2, 0.25) is 0 Å². The van der Waals surface area contributed by atoms with Gasteiger partial charge >= 0.3 is 0 Å². The van der Waals surface area contributed by atoms with Crippen molar-refractivity contribution >= 4 is 0 Å². The fraction of sp³-hybridized carbons (Fsp3) is 0.500. The number of H-pyrrole nitrogens is 1. The topological polar surface area (TPSA) is 49.0 Å². The van der Waals surface area contributed by atoms with E-state index in [1.807, 2.05) is 30.3 Å². The molecule has 4 rings (SSSR count). The number of allylic oxidation sites excluding steroid dienone is 1. The minimum atomic E-state index is 0.0236. The van der Waals surface area contributed by atoms with Gasteiger partial charge < -0.3 is 4.98 Å². The third-order valence-corrected chi connectivity index (χ3v) is 6.56. The fourth-order valence-corrected chi connectivity index (χ4v) is 4.91. The summed E-state index contributed by atoms with van der Waals surface area (Å²) in [7, 11) is 0. The molecular weight excluding hydrogens is 346 g/mol. The molecule has 0 saturated carbocycles. The zero-order valence-electron chi connectivity index (χ0n) is 17.3. The molecule has 1 aliphatic carbocycles. The summed E-state index contributed by atoms with van der Waals surface area (Å²) in [6.07, 6.45) is 5.77. The molecule has 4 heteroatoms. The summed E-state index contributed by atoms with van der Waals surface area (Å²) >= 11 is 0. The highest BCUT2D eigenvalue weighted by Crippen LogP contribution is 2.41. The molecule has 0 atom stereocenters. The lowest BCUT2D eigenvalue weighted by Crippen LogP contribution is -2.36. The number of hydrogen-bond acceptors (Lipinski definition) is 3. The summed E-state index contributed by atoms with van der Waals surface area (Å²) in [5.41, 5.74) is 6.36. The SMILES string of the molecule is CC1=C(CCN2CCc3c(nc(-c4ccccc4)[nH]c3=O)C2)C(C)(C)CCC1. The lowest BCUT2D eigenvalue weighted by Gasteiger charge is -2.36. The maximum absolute atomic E-state index is 12.6. The maximum Gasteiger partial charge on any atom is 0.254 e. The van der Waals surface area contributed by atoms with Crippen LogP contribution in [0.1, 0.15) is 57.7 Å². The Morgan fingerprint density at radius 2 is 1.96 bits per heavy atom. The van der Waals surface area contributed by atoms with Crippen molar-refractivity contribution in [2.45, 2.75) is 59.4 Å². The van der Waals surface area contributed by atoms with Gasteiger partial charge in [-0.25, -0.2) is 4.98 Å². The van der Waals surface area contributed by atoms with Crippen LogP contribution in [0.3, 0.4) is 0 Å². The molecule has 0 saturated heterocycles. The molecule has 1 aliphatic heterocycles. The molecule has 4 nitrogen and oxygen atoms in total. The molecule has 2 heterocycles. The molecular formula is C24H31N3O. The van der Waals surface area contributed by atoms with Crippen molar-refractivity contribution in [1.29, 1.82) is 0 Å². The minimum Gasteiger partial charge on any atom is -0.306 e. The number of nitrogens with zero attached hydrogens (tertiary/aromatic N) is 2. The first-order valence-electron chi connectivity index (χ1n) is 10.5. The number of fused-ring (bicyclic) bond motifs is 1. The van der Waals surface area contributed by atoms with Gasteiger partial charge in [-0.05, 0) is 44.4 Å². The van der Waals surface area contributed by atoms with Gasteiger partial charge in [-0.2, -0.15) is 0 Å². The average Bonchev–Trinajstić information content (AvgIpc) is 2.67. The van der Waals surface area contributed by atoms with E-state index in [1.54, 1.807) is 11.1 Å². The fourth-order valence-electron chi connectivity index (χ4n) is 4.91. The highest BCUT2D eigenvalue weighted by Gasteiger charge is 2.29. The summed E-state index contributed by atoms with van der Waals surface area (Å²) in [5.74, 6) is 0.679. The second-order valence-corrected chi connectivity index (χ2v) is 8.98. The Morgan fingerprint density at radius 3 is 2.71 bits per heavy atom. The molecule has 2 aromatic rings. The van der Waals surface area contributed by atoms with Crippen molar-refractivity contribution in [3.8, 4) is 11.4 Å². The predicted octanol–water partition coefficient (Wildman–Crippen LogP) is 4.71. The number of nitrogens with one attached hydrogen (secondary N) is 1. The van der Waals surface area contributed by atoms with Crippen LogP contribution in [0.2, 0.25) is 0 Å². The Kier molecular flexibility index (Phi) is 5.24. The second kappa shape index (κ2) is 7.67. The molecule has 28 heavy (non-hydrogen) atoms. The molecule has 0 fully saturated rings. The molecule has 148 valence electrons. The van der Waals surface area contributed by atoms with E-state index in [0.29, 0.717) is 11.2 Å². The molecule has 1 aromatic heterocycles. The monoisotopic (exact) mass is 377 g/mol. The van der Waals surface area contributed by atoms with Crippen molar-refractivity contribution in [2.75, 3.05) is 13.1 Å². The summed E-state index contributed by atoms with van der Waals surface area (Å²) in [4.78, 5) is 22.8. The molecule has 1 aromatic carbocycles. The summed E-state index contributed by atoms with van der Waals surface area (Å²) in [6, 6.07) is 9.91. The Balaban J connectivity index is 1.52. The van der Waals surface area contributed by atoms with Gasteiger partial charge in [0.25, 0.3) is 5.56 Å². The third-order valence-electron chi connectivity index (χ3n) is 6.56. The van der Waals surface area contributed by atoms with Crippen LogP contribution >= 0.6 is 0 Å². The van der Waals surface area contributed by atoms with Gasteiger partial charge in [-0.3, -0.25) is 9.69 Å². The summed E-state index contributed by atoms with van der Waals surface area (Å²) in [5, 5.41) is 0. The number of rotatable bonds is 4. The van der Waals surface area contributed by atoms with E-state index in [0.717, 1.165) is 49.3 Å². The van der Waals surface area contributed by atoms with Crippen LogP contribution in [0.4, 0.5) is 0 Å². The van der Waals surface area contributed by atoms with E-state index in [-0.39, 0.29) is 5.56 Å². The van der Waals surface area contributed by atoms with E-state index in [4.69, 9.17) is 4.98 Å². The first kappa shape index (κ1) is 19.1. The van der Waals surface area contributed by atoms with Crippen LogP contribution in [0.5, 0.6) is 0 Å². The molecule has 0 spiro atoms. The Morgan fingerprint density at radius 1 is 1.18 bits per heavy atom. The van der Waals surface area contributed by atoms with Gasteiger partial charge in [0.15, 0.2) is 0 Å². The van der Waals surface area contributed by atoms with Crippen LogP contribution in [-0.2, 0) is 13.0 Å². The van der Waals surface area contributed by atoms with Gasteiger partial charge in [-0.1, -0.05) is 55.3 Å². The van der Waals surface area contributed by atoms with E-state index in [9.17, 15) is 4.79 Å². The number of aromatic amines is 1. The van der Waals surface area contributed by atoms with Crippen molar-refractivity contribution in [1.82, 2.24) is 14.9 Å². The number of aromatic nitrogens is 2. The quantitative estimate of drug-likeness (QED) is 0.785. The van der Waals surface area contributed by atoms with Crippen LogP contribution < -0.4 is 5.56 Å². The van der Waals surface area contributed by atoms with Crippen LogP contribution in [0.25, 0.3) is 11.4 Å². The van der Waals surface area contributed by atoms with Gasteiger partial charge in [0.05, 0.1) is 5.69 Å². The first-order valence-corrected chi connectivity index (χ1v) is 10.5. The van der Waals surface area contributed by atoms with Gasteiger partial charge in [-0.15, -0.1) is 0 Å². The van der Waals surface area contributed by atoms with Crippen molar-refractivity contribution in [3.05, 3.63) is 63.1 Å². The lowest BCUT2D eigenvalue weighted by atomic mass is 9.71. The van der Waals surface area contributed by atoms with Gasteiger partial charge in [0, 0.05) is 30.8 Å². The molecule has 0 radical (unpaired) electrons. The zero-order valence-corrected chi connectivity index (χ0v) is 17.3. The van der Waals surface area contributed by atoms with Gasteiger partial charge in [0.1, 0.15) is 5.82 Å². The average molecular weight is 378 g/mol. The van der Waals surface area contributed by atoms with Crippen molar-refractivity contribution in [2.24, 2.45) is 5.41 Å². The maximum atomic E-state index is 12.6. The van der Waals surface area contributed by atoms with Crippen molar-refractivity contribution < 1.29 is 0 Å². The van der Waals surface area contributed by atoms with E-state index < -0.39 is 0 Å². The molecule has 0 amide bonds. The molecule has 1 N–H and O–H groups in total. The van der Waals surface area contributed by atoms with E-state index >= 15 is 0 Å². The standard InChI is InChI=1S/C24H31N3O/c1-17-8-7-13-24(2,3)20(17)12-15-27-14-11-19-21(16-27)25-22(26-23(19)28)18-9-5-4-6-10-18/h4-6,9-10H,7-8,11-16H2,1-3H3,(H,25,26,28).